The zero-order valence-electron chi connectivity index (χ0n) is 7.16. The maximum absolute atomic E-state index is 9.32. The van der Waals surface area contributed by atoms with E-state index in [0.717, 1.165) is 13.0 Å². The monoisotopic (exact) mass is 156 g/mol. The highest BCUT2D eigenvalue weighted by Gasteiger charge is 2.25. The Labute approximate surface area is 68.6 Å². The van der Waals surface area contributed by atoms with Crippen molar-refractivity contribution in [1.82, 2.24) is 0 Å². The van der Waals surface area contributed by atoms with Crippen molar-refractivity contribution in [3.63, 3.8) is 0 Å². The molecule has 2 unspecified atom stereocenters. The number of rotatable bonds is 0. The fourth-order valence-electron chi connectivity index (χ4n) is 1.17. The van der Waals surface area contributed by atoms with Crippen molar-refractivity contribution in [2.45, 2.75) is 32.5 Å². The van der Waals surface area contributed by atoms with Crippen LogP contribution in [0.1, 0.15) is 20.3 Å². The number of hydrogen-bond donors (Lipinski definition) is 1. The average molecular weight is 156 g/mol. The van der Waals surface area contributed by atoms with Crippen LogP contribution in [0.15, 0.2) is 0 Å². The van der Waals surface area contributed by atoms with Gasteiger partial charge in [0.2, 0.25) is 0 Å². The fraction of sp³-hybridized carbons (Fsp3) is 0.778. The molecule has 1 fully saturated rings. The summed E-state index contributed by atoms with van der Waals surface area (Å²) in [5.74, 6) is 0.411. The van der Waals surface area contributed by atoms with Crippen molar-refractivity contribution >= 4 is 0 Å². The van der Waals surface area contributed by atoms with Crippen LogP contribution < -0.4 is 0 Å². The Balaban J connectivity index is 0.000000461. The molecule has 1 heterocycles. The molecule has 0 aromatic carbocycles. The van der Waals surface area contributed by atoms with E-state index in [9.17, 15) is 5.11 Å². The van der Waals surface area contributed by atoms with Gasteiger partial charge >= 0.3 is 0 Å². The zero-order valence-corrected chi connectivity index (χ0v) is 7.16. The second kappa shape index (κ2) is 5.17. The van der Waals surface area contributed by atoms with Gasteiger partial charge in [0.25, 0.3) is 0 Å². The van der Waals surface area contributed by atoms with Gasteiger partial charge in [0.15, 0.2) is 0 Å². The molecule has 0 bridgehead atoms. The summed E-state index contributed by atoms with van der Waals surface area (Å²) >= 11 is 0. The highest BCUT2D eigenvalue weighted by Crippen LogP contribution is 2.19. The smallest absolute Gasteiger partial charge is 0.0825 e. The molecule has 11 heavy (non-hydrogen) atoms. The van der Waals surface area contributed by atoms with Gasteiger partial charge in [0, 0.05) is 6.61 Å². The first-order valence-corrected chi connectivity index (χ1v) is 3.85. The van der Waals surface area contributed by atoms with Crippen molar-refractivity contribution in [2.24, 2.45) is 5.92 Å². The maximum atomic E-state index is 9.32. The van der Waals surface area contributed by atoms with Gasteiger partial charge in [-0.1, -0.05) is 6.92 Å². The Bertz CT molecular complexity index is 110. The largest absolute Gasteiger partial charge is 0.390 e. The Morgan fingerprint density at radius 3 is 2.27 bits per heavy atom. The van der Waals surface area contributed by atoms with Crippen molar-refractivity contribution < 1.29 is 9.84 Å². The molecule has 1 aliphatic heterocycles. The van der Waals surface area contributed by atoms with Crippen LogP contribution in [0.2, 0.25) is 0 Å². The van der Waals surface area contributed by atoms with Gasteiger partial charge in [-0.25, -0.2) is 0 Å². The standard InChI is InChI=1S/C7H14O2.C2H2/c1-5-3-4-9-6(2)7(5)8;1-2/h5-8H,3-4H2,1-2H3;1-2H/t5?,6?,7-;/m1./s1. The summed E-state index contributed by atoms with van der Waals surface area (Å²) in [5, 5.41) is 9.32. The summed E-state index contributed by atoms with van der Waals surface area (Å²) in [6.45, 7) is 4.78. The fourth-order valence-corrected chi connectivity index (χ4v) is 1.17. The third kappa shape index (κ3) is 2.92. The highest BCUT2D eigenvalue weighted by atomic mass is 16.5. The summed E-state index contributed by atoms with van der Waals surface area (Å²) in [5.41, 5.74) is 0. The number of hydrogen-bond acceptors (Lipinski definition) is 2. The molecule has 0 spiro atoms. The number of aliphatic hydroxyl groups excluding tert-OH is 1. The molecule has 0 amide bonds. The zero-order chi connectivity index (χ0) is 8.85. The lowest BCUT2D eigenvalue weighted by molar-refractivity contribution is -0.0911. The van der Waals surface area contributed by atoms with Gasteiger partial charge in [-0.05, 0) is 19.3 Å². The second-order valence-electron chi connectivity index (χ2n) is 2.83. The molecule has 64 valence electrons. The number of aliphatic hydroxyl groups is 1. The first kappa shape index (κ1) is 10.5. The summed E-state index contributed by atoms with van der Waals surface area (Å²) in [7, 11) is 0. The minimum atomic E-state index is -0.251. The van der Waals surface area contributed by atoms with Crippen molar-refractivity contribution in [1.29, 1.82) is 0 Å². The third-order valence-electron chi connectivity index (χ3n) is 2.02. The van der Waals surface area contributed by atoms with E-state index in [2.05, 4.69) is 19.8 Å². The molecular weight excluding hydrogens is 140 g/mol. The van der Waals surface area contributed by atoms with E-state index in [1.807, 2.05) is 6.92 Å². The van der Waals surface area contributed by atoms with E-state index < -0.39 is 0 Å². The van der Waals surface area contributed by atoms with Crippen LogP contribution in [0.25, 0.3) is 0 Å². The molecule has 1 aliphatic rings. The summed E-state index contributed by atoms with van der Waals surface area (Å²) in [6.07, 6.45) is 8.78. The average Bonchev–Trinajstić information content (AvgIpc) is 2.04. The first-order chi connectivity index (χ1) is 5.22. The minimum absolute atomic E-state index is 0.0359. The van der Waals surface area contributed by atoms with Crippen LogP contribution in [-0.2, 0) is 4.74 Å². The second-order valence-corrected chi connectivity index (χ2v) is 2.83. The molecule has 0 aromatic heterocycles. The molecule has 1 N–H and O–H groups in total. The van der Waals surface area contributed by atoms with Crippen LogP contribution in [0.3, 0.4) is 0 Å². The van der Waals surface area contributed by atoms with E-state index in [-0.39, 0.29) is 12.2 Å². The highest BCUT2D eigenvalue weighted by molar-refractivity contribution is 4.74. The topological polar surface area (TPSA) is 29.5 Å². The van der Waals surface area contributed by atoms with Crippen LogP contribution in [0, 0.1) is 18.8 Å². The molecule has 2 heteroatoms. The lowest BCUT2D eigenvalue weighted by Gasteiger charge is -2.30. The molecule has 0 radical (unpaired) electrons. The van der Waals surface area contributed by atoms with E-state index in [1.54, 1.807) is 0 Å². The van der Waals surface area contributed by atoms with Gasteiger partial charge in [-0.3, -0.25) is 0 Å². The predicted molar refractivity (Wildman–Crippen MR) is 45.1 cm³/mol. The van der Waals surface area contributed by atoms with E-state index in [0.29, 0.717) is 5.92 Å². The minimum Gasteiger partial charge on any atom is -0.390 e. The van der Waals surface area contributed by atoms with E-state index in [4.69, 9.17) is 4.74 Å². The third-order valence-corrected chi connectivity index (χ3v) is 2.02. The van der Waals surface area contributed by atoms with E-state index in [1.165, 1.54) is 0 Å². The van der Waals surface area contributed by atoms with Crippen LogP contribution in [0.4, 0.5) is 0 Å². The molecule has 0 aliphatic carbocycles. The Kier molecular flexibility index (Phi) is 4.93. The summed E-state index contributed by atoms with van der Waals surface area (Å²) in [6, 6.07) is 0. The van der Waals surface area contributed by atoms with Gasteiger partial charge in [-0.15, -0.1) is 12.8 Å². The first-order valence-electron chi connectivity index (χ1n) is 3.85. The van der Waals surface area contributed by atoms with Gasteiger partial charge < -0.3 is 9.84 Å². The van der Waals surface area contributed by atoms with Gasteiger partial charge in [-0.2, -0.15) is 0 Å². The Morgan fingerprint density at radius 1 is 1.36 bits per heavy atom. The van der Waals surface area contributed by atoms with Crippen LogP contribution in [-0.4, -0.2) is 23.9 Å². The molecular formula is C9H16O2. The number of terminal acetylenes is 1. The quantitative estimate of drug-likeness (QED) is 0.531. The molecule has 0 aromatic rings. The van der Waals surface area contributed by atoms with Gasteiger partial charge in [0.05, 0.1) is 12.2 Å². The van der Waals surface area contributed by atoms with Gasteiger partial charge in [0.1, 0.15) is 0 Å². The molecule has 1 saturated heterocycles. The summed E-state index contributed by atoms with van der Waals surface area (Å²) < 4.78 is 5.21. The van der Waals surface area contributed by atoms with Crippen molar-refractivity contribution in [3.05, 3.63) is 0 Å². The van der Waals surface area contributed by atoms with Crippen LogP contribution >= 0.6 is 0 Å². The Morgan fingerprint density at radius 2 is 1.91 bits per heavy atom. The molecule has 3 atom stereocenters. The lowest BCUT2D eigenvalue weighted by Crippen LogP contribution is -2.37. The molecule has 0 saturated carbocycles. The molecule has 2 nitrogen and oxygen atoms in total. The number of ether oxygens (including phenoxy) is 1. The normalized spacial score (nSPS) is 37.0. The van der Waals surface area contributed by atoms with E-state index >= 15 is 0 Å². The lowest BCUT2D eigenvalue weighted by atomic mass is 9.95. The maximum Gasteiger partial charge on any atom is 0.0825 e. The van der Waals surface area contributed by atoms with Crippen LogP contribution in [0.5, 0.6) is 0 Å². The summed E-state index contributed by atoms with van der Waals surface area (Å²) in [4.78, 5) is 0. The van der Waals surface area contributed by atoms with Crippen molar-refractivity contribution in [2.75, 3.05) is 6.61 Å². The predicted octanol–water partition coefficient (Wildman–Crippen LogP) is 1.04. The SMILES string of the molecule is C#C.CC1CCOC(C)[C@@H]1O. The molecule has 1 rings (SSSR count). The Hall–Kier alpha value is -0.520. The van der Waals surface area contributed by atoms with Crippen molar-refractivity contribution in [3.8, 4) is 12.8 Å².